The minimum Gasteiger partial charge on any atom is -0.353 e. The lowest BCUT2D eigenvalue weighted by molar-refractivity contribution is -0.122. The van der Waals surface area contributed by atoms with E-state index in [1.165, 1.54) is 0 Å². The number of rotatable bonds is 4. The van der Waals surface area contributed by atoms with Crippen LogP contribution in [0, 0.1) is 0 Å². The summed E-state index contributed by atoms with van der Waals surface area (Å²) in [5.41, 5.74) is 5.63. The molecule has 0 aromatic carbocycles. The molecule has 0 radical (unpaired) electrons. The first-order valence-electron chi connectivity index (χ1n) is 6.72. The van der Waals surface area contributed by atoms with Gasteiger partial charge in [0.05, 0.1) is 0 Å². The number of carbonyl (C=O) groups is 1. The number of aromatic nitrogens is 2. The molecule has 1 saturated heterocycles. The van der Waals surface area contributed by atoms with Gasteiger partial charge in [-0.25, -0.2) is 0 Å². The van der Waals surface area contributed by atoms with Gasteiger partial charge in [-0.05, 0) is 31.9 Å². The average Bonchev–Trinajstić information content (AvgIpc) is 2.39. The second kappa shape index (κ2) is 8.01. The summed E-state index contributed by atoms with van der Waals surface area (Å²) >= 11 is 0. The molecule has 1 aromatic rings. The highest BCUT2D eigenvalue weighted by Crippen LogP contribution is 2.16. The normalized spacial score (nSPS) is 19.9. The van der Waals surface area contributed by atoms with Gasteiger partial charge in [-0.15, -0.1) is 17.5 Å². The van der Waals surface area contributed by atoms with Gasteiger partial charge >= 0.3 is 0 Å². The predicted octanol–water partition coefficient (Wildman–Crippen LogP) is 0.721. The number of piperidine rings is 1. The number of hydrogen-bond acceptors (Lipinski definition) is 5. The number of nitrogens with zero attached hydrogens (tertiary/aromatic N) is 3. The maximum Gasteiger partial charge on any atom is 0.221 e. The van der Waals surface area contributed by atoms with Gasteiger partial charge in [0, 0.05) is 37.8 Å². The van der Waals surface area contributed by atoms with Crippen molar-refractivity contribution in [1.29, 1.82) is 0 Å². The largest absolute Gasteiger partial charge is 0.353 e. The van der Waals surface area contributed by atoms with Crippen molar-refractivity contribution in [3.05, 3.63) is 18.3 Å². The highest BCUT2D eigenvalue weighted by molar-refractivity contribution is 5.85. The van der Waals surface area contributed by atoms with E-state index in [1.807, 2.05) is 19.1 Å². The van der Waals surface area contributed by atoms with Crippen LogP contribution in [0.4, 0.5) is 5.82 Å². The van der Waals surface area contributed by atoms with Crippen molar-refractivity contribution in [1.82, 2.24) is 15.5 Å². The van der Waals surface area contributed by atoms with Crippen LogP contribution in [0.3, 0.4) is 0 Å². The molecule has 2 rings (SSSR count). The lowest BCUT2D eigenvalue weighted by atomic mass is 10.1. The third-order valence-corrected chi connectivity index (χ3v) is 3.18. The topological polar surface area (TPSA) is 84.1 Å². The van der Waals surface area contributed by atoms with Crippen LogP contribution in [0.25, 0.3) is 0 Å². The fourth-order valence-corrected chi connectivity index (χ4v) is 2.34. The van der Waals surface area contributed by atoms with Crippen molar-refractivity contribution < 1.29 is 4.79 Å². The van der Waals surface area contributed by atoms with Gasteiger partial charge in [0.15, 0.2) is 5.82 Å². The van der Waals surface area contributed by atoms with Crippen molar-refractivity contribution in [2.24, 2.45) is 5.73 Å². The van der Waals surface area contributed by atoms with Gasteiger partial charge in [0.2, 0.25) is 5.91 Å². The molecule has 1 aliphatic heterocycles. The van der Waals surface area contributed by atoms with E-state index < -0.39 is 0 Å². The molecule has 0 aliphatic carbocycles. The van der Waals surface area contributed by atoms with E-state index in [4.69, 9.17) is 5.73 Å². The quantitative estimate of drug-likeness (QED) is 0.856. The van der Waals surface area contributed by atoms with E-state index in [0.29, 0.717) is 6.42 Å². The number of anilines is 1. The van der Waals surface area contributed by atoms with Crippen LogP contribution in [-0.4, -0.2) is 41.3 Å². The highest BCUT2D eigenvalue weighted by atomic mass is 35.5. The average molecular weight is 300 g/mol. The van der Waals surface area contributed by atoms with Crippen LogP contribution in [0.15, 0.2) is 18.3 Å². The zero-order valence-electron chi connectivity index (χ0n) is 11.7. The van der Waals surface area contributed by atoms with Crippen LogP contribution >= 0.6 is 12.4 Å². The number of carbonyl (C=O) groups excluding carboxylic acids is 1. The third kappa shape index (κ3) is 4.94. The van der Waals surface area contributed by atoms with Crippen LogP contribution < -0.4 is 16.0 Å². The van der Waals surface area contributed by atoms with Crippen LogP contribution in [0.2, 0.25) is 0 Å². The van der Waals surface area contributed by atoms with E-state index in [0.717, 1.165) is 31.7 Å². The van der Waals surface area contributed by atoms with E-state index in [-0.39, 0.29) is 30.4 Å². The summed E-state index contributed by atoms with van der Waals surface area (Å²) in [6.45, 7) is 3.58. The van der Waals surface area contributed by atoms with E-state index in [1.54, 1.807) is 6.20 Å². The van der Waals surface area contributed by atoms with Crippen molar-refractivity contribution in [3.63, 3.8) is 0 Å². The minimum atomic E-state index is -0.0975. The number of nitrogens with two attached hydrogens (primary N) is 1. The lowest BCUT2D eigenvalue weighted by Gasteiger charge is -2.33. The Hall–Kier alpha value is -1.40. The molecule has 1 aromatic heterocycles. The molecule has 2 atom stereocenters. The molecular weight excluding hydrogens is 278 g/mol. The van der Waals surface area contributed by atoms with Crippen LogP contribution in [-0.2, 0) is 4.79 Å². The smallest absolute Gasteiger partial charge is 0.221 e. The Labute approximate surface area is 125 Å². The van der Waals surface area contributed by atoms with Gasteiger partial charge in [0.25, 0.3) is 0 Å². The Bertz CT molecular complexity index is 414. The molecule has 2 unspecified atom stereocenters. The number of amides is 1. The molecule has 0 bridgehead atoms. The molecular formula is C13H22ClN5O. The van der Waals surface area contributed by atoms with E-state index >= 15 is 0 Å². The summed E-state index contributed by atoms with van der Waals surface area (Å²) in [6.07, 6.45) is 4.08. The highest BCUT2D eigenvalue weighted by Gasteiger charge is 2.22. The zero-order chi connectivity index (χ0) is 13.7. The standard InChI is InChI=1S/C13H21N5O.ClH/c1-10(14)8-13(19)16-11-4-3-7-18(9-11)12-5-2-6-15-17-12;/h2,5-6,10-11H,3-4,7-9,14H2,1H3,(H,16,19);1H. The van der Waals surface area contributed by atoms with Crippen molar-refractivity contribution in [2.45, 2.75) is 38.3 Å². The number of halogens is 1. The van der Waals surface area contributed by atoms with Crippen LogP contribution in [0.1, 0.15) is 26.2 Å². The number of hydrogen-bond donors (Lipinski definition) is 2. The van der Waals surface area contributed by atoms with Gasteiger partial charge in [-0.3, -0.25) is 4.79 Å². The van der Waals surface area contributed by atoms with Gasteiger partial charge in [-0.1, -0.05) is 0 Å². The molecule has 3 N–H and O–H groups in total. The summed E-state index contributed by atoms with van der Waals surface area (Å²) in [5.74, 6) is 0.898. The van der Waals surface area contributed by atoms with E-state index in [9.17, 15) is 4.79 Å². The summed E-state index contributed by atoms with van der Waals surface area (Å²) in [5, 5.41) is 11.0. The van der Waals surface area contributed by atoms with Gasteiger partial charge in [0.1, 0.15) is 0 Å². The zero-order valence-corrected chi connectivity index (χ0v) is 12.5. The monoisotopic (exact) mass is 299 g/mol. The Morgan fingerprint density at radius 1 is 1.65 bits per heavy atom. The predicted molar refractivity (Wildman–Crippen MR) is 80.9 cm³/mol. The first-order valence-corrected chi connectivity index (χ1v) is 6.72. The summed E-state index contributed by atoms with van der Waals surface area (Å²) in [6, 6.07) is 3.89. The summed E-state index contributed by atoms with van der Waals surface area (Å²) in [7, 11) is 0. The lowest BCUT2D eigenvalue weighted by Crippen LogP contribution is -2.48. The minimum absolute atomic E-state index is 0. The maximum absolute atomic E-state index is 11.7. The van der Waals surface area contributed by atoms with Gasteiger partial charge < -0.3 is 16.0 Å². The fraction of sp³-hybridized carbons (Fsp3) is 0.615. The maximum atomic E-state index is 11.7. The fourth-order valence-electron chi connectivity index (χ4n) is 2.34. The molecule has 112 valence electrons. The first kappa shape index (κ1) is 16.7. The second-order valence-electron chi connectivity index (χ2n) is 5.12. The summed E-state index contributed by atoms with van der Waals surface area (Å²) in [4.78, 5) is 13.9. The van der Waals surface area contributed by atoms with Crippen molar-refractivity contribution >= 4 is 24.1 Å². The molecule has 20 heavy (non-hydrogen) atoms. The molecule has 6 nitrogen and oxygen atoms in total. The van der Waals surface area contributed by atoms with Crippen molar-refractivity contribution in [2.75, 3.05) is 18.0 Å². The molecule has 2 heterocycles. The Morgan fingerprint density at radius 3 is 3.10 bits per heavy atom. The van der Waals surface area contributed by atoms with Gasteiger partial charge in [-0.2, -0.15) is 5.10 Å². The Morgan fingerprint density at radius 2 is 2.45 bits per heavy atom. The second-order valence-corrected chi connectivity index (χ2v) is 5.12. The molecule has 7 heteroatoms. The molecule has 1 fully saturated rings. The van der Waals surface area contributed by atoms with Crippen molar-refractivity contribution in [3.8, 4) is 0 Å². The molecule has 0 saturated carbocycles. The third-order valence-electron chi connectivity index (χ3n) is 3.18. The molecule has 1 amide bonds. The number of nitrogens with one attached hydrogen (secondary N) is 1. The Balaban J connectivity index is 0.00000200. The van der Waals surface area contributed by atoms with Crippen LogP contribution in [0.5, 0.6) is 0 Å². The molecule has 0 spiro atoms. The first-order chi connectivity index (χ1) is 9.15. The Kier molecular flexibility index (Phi) is 6.67. The molecule has 1 aliphatic rings. The SMILES string of the molecule is CC(N)CC(=O)NC1CCCN(c2cccnn2)C1.Cl. The van der Waals surface area contributed by atoms with E-state index in [2.05, 4.69) is 20.4 Å². The summed E-state index contributed by atoms with van der Waals surface area (Å²) < 4.78 is 0.